The lowest BCUT2D eigenvalue weighted by Crippen LogP contribution is -2.13. The standard InChI is InChI=1S/C22H13Cl2N3O2S/c23-18-5-3-6-19(24)17(18)13-29-20-7-2-1-4-14(20)10-16(12-26)21(28)27-22-15(11-25)8-9-30-22/h1-10H,13H2,(H,27,28). The number of nitrogens with one attached hydrogen (secondary N) is 1. The van der Waals surface area contributed by atoms with Gasteiger partial charge in [-0.2, -0.15) is 10.5 Å². The fourth-order valence-corrected chi connectivity index (χ4v) is 3.76. The summed E-state index contributed by atoms with van der Waals surface area (Å²) >= 11 is 13.6. The van der Waals surface area contributed by atoms with E-state index < -0.39 is 5.91 Å². The maximum absolute atomic E-state index is 12.5. The van der Waals surface area contributed by atoms with E-state index in [1.54, 1.807) is 53.9 Å². The fraction of sp³-hybridized carbons (Fsp3) is 0.0455. The second-order valence-electron chi connectivity index (χ2n) is 5.93. The SMILES string of the molecule is N#CC(=Cc1ccccc1OCc1c(Cl)cccc1Cl)C(=O)Nc1sccc1C#N. The molecular weight excluding hydrogens is 441 g/mol. The van der Waals surface area contributed by atoms with Crippen molar-refractivity contribution in [2.75, 3.05) is 5.32 Å². The average molecular weight is 454 g/mol. The van der Waals surface area contributed by atoms with Crippen LogP contribution in [-0.2, 0) is 11.4 Å². The van der Waals surface area contributed by atoms with Crippen molar-refractivity contribution in [3.05, 3.63) is 86.2 Å². The number of carbonyl (C=O) groups excluding carboxylic acids is 1. The minimum absolute atomic E-state index is 0.123. The van der Waals surface area contributed by atoms with Gasteiger partial charge in [0.25, 0.3) is 5.91 Å². The number of nitrogens with zero attached hydrogens (tertiary/aromatic N) is 2. The van der Waals surface area contributed by atoms with Gasteiger partial charge >= 0.3 is 0 Å². The Balaban J connectivity index is 1.83. The maximum Gasteiger partial charge on any atom is 0.266 e. The summed E-state index contributed by atoms with van der Waals surface area (Å²) in [5, 5.41) is 24.2. The number of thiophene rings is 1. The molecular formula is C22H13Cl2N3O2S. The highest BCUT2D eigenvalue weighted by Crippen LogP contribution is 2.28. The molecule has 1 aromatic heterocycles. The first-order chi connectivity index (χ1) is 14.5. The predicted molar refractivity (Wildman–Crippen MR) is 118 cm³/mol. The molecule has 30 heavy (non-hydrogen) atoms. The molecule has 0 aliphatic carbocycles. The number of benzene rings is 2. The van der Waals surface area contributed by atoms with Crippen molar-refractivity contribution in [2.45, 2.75) is 6.61 Å². The lowest BCUT2D eigenvalue weighted by Gasteiger charge is -2.12. The lowest BCUT2D eigenvalue weighted by molar-refractivity contribution is -0.112. The molecule has 0 bridgehead atoms. The summed E-state index contributed by atoms with van der Waals surface area (Å²) in [6.45, 7) is 0.123. The molecule has 2 aromatic carbocycles. The zero-order valence-electron chi connectivity index (χ0n) is 15.4. The van der Waals surface area contributed by atoms with Gasteiger partial charge in [-0.25, -0.2) is 0 Å². The maximum atomic E-state index is 12.5. The van der Waals surface area contributed by atoms with Crippen molar-refractivity contribution in [3.63, 3.8) is 0 Å². The van der Waals surface area contributed by atoms with E-state index in [9.17, 15) is 10.1 Å². The van der Waals surface area contributed by atoms with Gasteiger partial charge in [0.2, 0.25) is 0 Å². The van der Waals surface area contributed by atoms with Crippen LogP contribution in [0.5, 0.6) is 5.75 Å². The number of carbonyl (C=O) groups is 1. The van der Waals surface area contributed by atoms with Gasteiger partial charge in [-0.3, -0.25) is 4.79 Å². The molecule has 0 spiro atoms. The zero-order chi connectivity index (χ0) is 21.5. The topological polar surface area (TPSA) is 85.9 Å². The van der Waals surface area contributed by atoms with Crippen LogP contribution in [0.15, 0.2) is 59.5 Å². The molecule has 0 radical (unpaired) electrons. The van der Waals surface area contributed by atoms with Crippen LogP contribution in [0.4, 0.5) is 5.00 Å². The average Bonchev–Trinajstić information content (AvgIpc) is 3.19. The van der Waals surface area contributed by atoms with Crippen molar-refractivity contribution in [1.82, 2.24) is 0 Å². The van der Waals surface area contributed by atoms with Crippen molar-refractivity contribution in [3.8, 4) is 17.9 Å². The molecule has 148 valence electrons. The van der Waals surface area contributed by atoms with Crippen LogP contribution in [0.3, 0.4) is 0 Å². The third-order valence-electron chi connectivity index (χ3n) is 4.03. The fourth-order valence-electron chi connectivity index (χ4n) is 2.52. The molecule has 1 N–H and O–H groups in total. The molecule has 0 saturated heterocycles. The monoisotopic (exact) mass is 453 g/mol. The normalized spacial score (nSPS) is 10.7. The molecule has 0 fully saturated rings. The number of rotatable bonds is 6. The van der Waals surface area contributed by atoms with Gasteiger partial charge in [-0.1, -0.05) is 47.5 Å². The largest absolute Gasteiger partial charge is 0.488 e. The van der Waals surface area contributed by atoms with Gasteiger partial charge in [-0.05, 0) is 35.7 Å². The van der Waals surface area contributed by atoms with Crippen LogP contribution in [0.2, 0.25) is 10.0 Å². The quantitative estimate of drug-likeness (QED) is 0.363. The lowest BCUT2D eigenvalue weighted by atomic mass is 10.1. The number of ether oxygens (including phenoxy) is 1. The van der Waals surface area contributed by atoms with Crippen LogP contribution in [0.25, 0.3) is 6.08 Å². The third-order valence-corrected chi connectivity index (χ3v) is 5.57. The van der Waals surface area contributed by atoms with Crippen molar-refractivity contribution < 1.29 is 9.53 Å². The van der Waals surface area contributed by atoms with Gasteiger partial charge < -0.3 is 10.1 Å². The van der Waals surface area contributed by atoms with Gasteiger partial charge in [0, 0.05) is 21.2 Å². The zero-order valence-corrected chi connectivity index (χ0v) is 17.7. The minimum atomic E-state index is -0.611. The number of para-hydroxylation sites is 1. The first-order valence-electron chi connectivity index (χ1n) is 8.59. The Morgan fingerprint density at radius 3 is 2.53 bits per heavy atom. The van der Waals surface area contributed by atoms with E-state index in [2.05, 4.69) is 5.32 Å². The predicted octanol–water partition coefficient (Wildman–Crippen LogP) is 6.05. The summed E-state index contributed by atoms with van der Waals surface area (Å²) in [6.07, 6.45) is 1.43. The van der Waals surface area contributed by atoms with Crippen molar-refractivity contribution >= 4 is 51.5 Å². The molecule has 3 aromatic rings. The first kappa shape index (κ1) is 21.4. The van der Waals surface area contributed by atoms with E-state index in [1.807, 2.05) is 12.1 Å². The molecule has 0 unspecified atom stereocenters. The first-order valence-corrected chi connectivity index (χ1v) is 10.2. The summed E-state index contributed by atoms with van der Waals surface area (Å²) < 4.78 is 5.86. The number of amides is 1. The summed E-state index contributed by atoms with van der Waals surface area (Å²) in [4.78, 5) is 12.5. The van der Waals surface area contributed by atoms with Crippen LogP contribution in [0, 0.1) is 22.7 Å². The number of hydrogen-bond acceptors (Lipinski definition) is 5. The Hall–Kier alpha value is -3.29. The summed E-state index contributed by atoms with van der Waals surface area (Å²) in [6, 6.07) is 17.6. The van der Waals surface area contributed by atoms with Gasteiger partial charge in [0.1, 0.15) is 35.1 Å². The Bertz CT molecular complexity index is 1190. The summed E-state index contributed by atoms with van der Waals surface area (Å²) in [5.41, 5.74) is 1.39. The van der Waals surface area contributed by atoms with Crippen molar-refractivity contribution in [2.24, 2.45) is 0 Å². The molecule has 8 heteroatoms. The van der Waals surface area contributed by atoms with Crippen LogP contribution < -0.4 is 10.1 Å². The molecule has 5 nitrogen and oxygen atoms in total. The molecule has 1 heterocycles. The molecule has 1 amide bonds. The molecule has 0 aliphatic rings. The van der Waals surface area contributed by atoms with E-state index in [0.29, 0.717) is 37.5 Å². The smallest absolute Gasteiger partial charge is 0.266 e. The number of anilines is 1. The highest BCUT2D eigenvalue weighted by molar-refractivity contribution is 7.14. The van der Waals surface area contributed by atoms with E-state index in [-0.39, 0.29) is 12.2 Å². The molecule has 0 saturated carbocycles. The van der Waals surface area contributed by atoms with Crippen LogP contribution in [0.1, 0.15) is 16.7 Å². The Labute approximate surface area is 187 Å². The Kier molecular flexibility index (Phi) is 7.11. The van der Waals surface area contributed by atoms with E-state index in [4.69, 9.17) is 33.2 Å². The summed E-state index contributed by atoms with van der Waals surface area (Å²) in [7, 11) is 0. The number of nitriles is 2. The minimum Gasteiger partial charge on any atom is -0.488 e. The molecule has 0 aliphatic heterocycles. The van der Waals surface area contributed by atoms with Crippen LogP contribution >= 0.6 is 34.5 Å². The molecule has 3 rings (SSSR count). The number of halogens is 2. The summed E-state index contributed by atoms with van der Waals surface area (Å²) in [5.74, 6) is -0.150. The molecule has 0 atom stereocenters. The number of hydrogen-bond donors (Lipinski definition) is 1. The second kappa shape index (κ2) is 9.96. The van der Waals surface area contributed by atoms with E-state index >= 15 is 0 Å². The Morgan fingerprint density at radius 1 is 1.10 bits per heavy atom. The van der Waals surface area contributed by atoms with E-state index in [0.717, 1.165) is 0 Å². The second-order valence-corrected chi connectivity index (χ2v) is 7.66. The van der Waals surface area contributed by atoms with Gasteiger partial charge in [-0.15, -0.1) is 11.3 Å². The van der Waals surface area contributed by atoms with E-state index in [1.165, 1.54) is 17.4 Å². The highest BCUT2D eigenvalue weighted by Gasteiger charge is 2.14. The highest BCUT2D eigenvalue weighted by atomic mass is 35.5. The van der Waals surface area contributed by atoms with Crippen LogP contribution in [-0.4, -0.2) is 5.91 Å². The third kappa shape index (κ3) is 5.00. The van der Waals surface area contributed by atoms with Gasteiger partial charge in [0.05, 0.1) is 5.56 Å². The van der Waals surface area contributed by atoms with Gasteiger partial charge in [0.15, 0.2) is 0 Å². The van der Waals surface area contributed by atoms with Crippen molar-refractivity contribution in [1.29, 1.82) is 10.5 Å². The Morgan fingerprint density at radius 2 is 1.83 bits per heavy atom.